The second-order valence-corrected chi connectivity index (χ2v) is 5.08. The molecule has 1 aliphatic rings. The van der Waals surface area contributed by atoms with Gasteiger partial charge in [0.1, 0.15) is 0 Å². The average molecular weight is 242 g/mol. The Balaban J connectivity index is 2.38. The van der Waals surface area contributed by atoms with Crippen LogP contribution in [-0.4, -0.2) is 43.7 Å². The summed E-state index contributed by atoms with van der Waals surface area (Å²) >= 11 is 0. The quantitative estimate of drug-likeness (QED) is 0.734. The molecule has 0 spiro atoms. The molecule has 0 aliphatic carbocycles. The van der Waals surface area contributed by atoms with Gasteiger partial charge in [-0.25, -0.2) is 0 Å². The Bertz CT molecular complexity index is 233. The van der Waals surface area contributed by atoms with Crippen LogP contribution in [0.15, 0.2) is 0 Å². The van der Waals surface area contributed by atoms with Crippen molar-refractivity contribution in [2.45, 2.75) is 45.1 Å². The van der Waals surface area contributed by atoms with Crippen molar-refractivity contribution in [1.29, 1.82) is 0 Å². The van der Waals surface area contributed by atoms with Crippen molar-refractivity contribution in [2.75, 3.05) is 26.8 Å². The van der Waals surface area contributed by atoms with E-state index in [0.717, 1.165) is 38.8 Å². The third kappa shape index (κ3) is 4.64. The molecule has 0 aromatic rings. The minimum absolute atomic E-state index is 0.286. The Morgan fingerprint density at radius 3 is 3.00 bits per heavy atom. The lowest BCUT2D eigenvalue weighted by atomic mass is 10.1. The molecule has 1 fully saturated rings. The maximum Gasteiger partial charge on any atom is 0.223 e. The summed E-state index contributed by atoms with van der Waals surface area (Å²) in [5.74, 6) is 0.595. The molecule has 1 heterocycles. The number of nitrogens with zero attached hydrogens (tertiary/aromatic N) is 1. The van der Waals surface area contributed by atoms with Gasteiger partial charge in [0.25, 0.3) is 0 Å². The number of nitrogens with two attached hydrogens (primary N) is 1. The first-order valence-electron chi connectivity index (χ1n) is 6.67. The molecule has 0 saturated carbocycles. The van der Waals surface area contributed by atoms with Crippen LogP contribution < -0.4 is 5.73 Å². The van der Waals surface area contributed by atoms with Crippen LogP contribution in [0.3, 0.4) is 0 Å². The summed E-state index contributed by atoms with van der Waals surface area (Å²) in [5, 5.41) is 0. The molecule has 0 bridgehead atoms. The highest BCUT2D eigenvalue weighted by atomic mass is 16.5. The molecule has 1 aliphatic heterocycles. The molecular weight excluding hydrogens is 216 g/mol. The molecular formula is C13H26N2O2. The Kier molecular flexibility index (Phi) is 6.52. The first kappa shape index (κ1) is 14.5. The fourth-order valence-electron chi connectivity index (χ4n) is 2.58. The lowest BCUT2D eigenvalue weighted by Gasteiger charge is -2.26. The van der Waals surface area contributed by atoms with Crippen LogP contribution in [0.5, 0.6) is 0 Å². The van der Waals surface area contributed by atoms with Gasteiger partial charge in [-0.2, -0.15) is 0 Å². The zero-order valence-corrected chi connectivity index (χ0v) is 11.2. The number of hydrogen-bond donors (Lipinski definition) is 1. The van der Waals surface area contributed by atoms with Crippen molar-refractivity contribution in [1.82, 2.24) is 4.90 Å². The number of carbonyl (C=O) groups is 1. The number of hydrogen-bond acceptors (Lipinski definition) is 3. The Morgan fingerprint density at radius 2 is 2.35 bits per heavy atom. The lowest BCUT2D eigenvalue weighted by Crippen LogP contribution is -2.36. The van der Waals surface area contributed by atoms with E-state index < -0.39 is 0 Å². The summed E-state index contributed by atoms with van der Waals surface area (Å²) in [6.45, 7) is 4.37. The van der Waals surface area contributed by atoms with E-state index in [9.17, 15) is 4.79 Å². The monoisotopic (exact) mass is 242 g/mol. The molecule has 0 aromatic carbocycles. The van der Waals surface area contributed by atoms with Crippen LogP contribution >= 0.6 is 0 Å². The molecule has 0 radical (unpaired) electrons. The van der Waals surface area contributed by atoms with Crippen LogP contribution in [0.4, 0.5) is 0 Å². The van der Waals surface area contributed by atoms with Gasteiger partial charge in [0.15, 0.2) is 0 Å². The fourth-order valence-corrected chi connectivity index (χ4v) is 2.58. The number of amides is 1. The largest absolute Gasteiger partial charge is 0.384 e. The molecule has 2 unspecified atom stereocenters. The van der Waals surface area contributed by atoms with Crippen LogP contribution in [0.25, 0.3) is 0 Å². The second kappa shape index (κ2) is 7.67. The second-order valence-electron chi connectivity index (χ2n) is 5.08. The Labute approximate surface area is 104 Å². The molecule has 1 rings (SSSR count). The molecule has 2 atom stereocenters. The van der Waals surface area contributed by atoms with Crippen LogP contribution in [0.1, 0.15) is 39.0 Å². The van der Waals surface area contributed by atoms with Crippen LogP contribution in [0, 0.1) is 5.92 Å². The first-order valence-corrected chi connectivity index (χ1v) is 6.67. The van der Waals surface area contributed by atoms with Gasteiger partial charge in [-0.3, -0.25) is 4.79 Å². The van der Waals surface area contributed by atoms with E-state index in [-0.39, 0.29) is 5.91 Å². The molecule has 4 heteroatoms. The van der Waals surface area contributed by atoms with Gasteiger partial charge in [0.05, 0.1) is 0 Å². The van der Waals surface area contributed by atoms with Crippen LogP contribution in [-0.2, 0) is 9.53 Å². The smallest absolute Gasteiger partial charge is 0.223 e. The topological polar surface area (TPSA) is 55.6 Å². The van der Waals surface area contributed by atoms with Gasteiger partial charge in [-0.05, 0) is 38.1 Å². The minimum atomic E-state index is 0.286. The number of likely N-dealkylation sites (tertiary alicyclic amines) is 1. The summed E-state index contributed by atoms with van der Waals surface area (Å²) in [4.78, 5) is 14.2. The number of methoxy groups -OCH3 is 1. The standard InChI is InChI=1S/C13H26N2O2/c1-11(10-17-2)9-13(16)15-8-4-6-12(15)5-3-7-14/h11-12H,3-10,14H2,1-2H3. The van der Waals surface area contributed by atoms with E-state index in [1.165, 1.54) is 0 Å². The maximum atomic E-state index is 12.1. The van der Waals surface area contributed by atoms with Gasteiger partial charge in [0, 0.05) is 32.7 Å². The van der Waals surface area contributed by atoms with Crippen molar-refractivity contribution in [3.8, 4) is 0 Å². The Hall–Kier alpha value is -0.610. The van der Waals surface area contributed by atoms with Gasteiger partial charge >= 0.3 is 0 Å². The van der Waals surface area contributed by atoms with Crippen molar-refractivity contribution in [2.24, 2.45) is 11.7 Å². The SMILES string of the molecule is COCC(C)CC(=O)N1CCCC1CCCN. The van der Waals surface area contributed by atoms with E-state index in [1.54, 1.807) is 7.11 Å². The summed E-state index contributed by atoms with van der Waals surface area (Å²) in [6, 6.07) is 0.431. The van der Waals surface area contributed by atoms with E-state index in [0.29, 0.717) is 25.0 Å². The molecule has 4 nitrogen and oxygen atoms in total. The molecule has 1 saturated heterocycles. The van der Waals surface area contributed by atoms with E-state index in [2.05, 4.69) is 11.8 Å². The maximum absolute atomic E-state index is 12.1. The predicted octanol–water partition coefficient (Wildman–Crippen LogP) is 1.39. The molecule has 1 amide bonds. The van der Waals surface area contributed by atoms with Gasteiger partial charge in [-0.15, -0.1) is 0 Å². The van der Waals surface area contributed by atoms with Gasteiger partial charge < -0.3 is 15.4 Å². The van der Waals surface area contributed by atoms with Crippen molar-refractivity contribution in [3.05, 3.63) is 0 Å². The predicted molar refractivity (Wildman–Crippen MR) is 68.7 cm³/mol. The third-order valence-electron chi connectivity index (χ3n) is 3.41. The normalized spacial score (nSPS) is 21.8. The molecule has 100 valence electrons. The third-order valence-corrected chi connectivity index (χ3v) is 3.41. The Morgan fingerprint density at radius 1 is 1.59 bits per heavy atom. The zero-order valence-electron chi connectivity index (χ0n) is 11.2. The molecule has 0 aromatic heterocycles. The van der Waals surface area contributed by atoms with E-state index in [1.807, 2.05) is 0 Å². The van der Waals surface area contributed by atoms with E-state index in [4.69, 9.17) is 10.5 Å². The van der Waals surface area contributed by atoms with E-state index >= 15 is 0 Å². The number of rotatable bonds is 7. The van der Waals surface area contributed by atoms with Gasteiger partial charge in [-0.1, -0.05) is 6.92 Å². The highest BCUT2D eigenvalue weighted by Crippen LogP contribution is 2.23. The number of carbonyl (C=O) groups excluding carboxylic acids is 1. The first-order chi connectivity index (χ1) is 8.19. The zero-order chi connectivity index (χ0) is 12.7. The highest BCUT2D eigenvalue weighted by molar-refractivity contribution is 5.77. The van der Waals surface area contributed by atoms with Crippen molar-refractivity contribution >= 4 is 5.91 Å². The lowest BCUT2D eigenvalue weighted by molar-refractivity contribution is -0.133. The summed E-state index contributed by atoms with van der Waals surface area (Å²) < 4.78 is 5.07. The van der Waals surface area contributed by atoms with Crippen molar-refractivity contribution < 1.29 is 9.53 Å². The fraction of sp³-hybridized carbons (Fsp3) is 0.923. The molecule has 2 N–H and O–H groups in total. The van der Waals surface area contributed by atoms with Crippen molar-refractivity contribution in [3.63, 3.8) is 0 Å². The summed E-state index contributed by atoms with van der Waals surface area (Å²) in [6.07, 6.45) is 4.96. The molecule has 17 heavy (non-hydrogen) atoms. The highest BCUT2D eigenvalue weighted by Gasteiger charge is 2.28. The average Bonchev–Trinajstić information content (AvgIpc) is 2.74. The van der Waals surface area contributed by atoms with Gasteiger partial charge in [0.2, 0.25) is 5.91 Å². The minimum Gasteiger partial charge on any atom is -0.384 e. The summed E-state index contributed by atoms with van der Waals surface area (Å²) in [7, 11) is 1.68. The van der Waals surface area contributed by atoms with Crippen LogP contribution in [0.2, 0.25) is 0 Å². The summed E-state index contributed by atoms with van der Waals surface area (Å²) in [5.41, 5.74) is 5.53. The number of ether oxygens (including phenoxy) is 1.